The van der Waals surface area contributed by atoms with Gasteiger partial charge in [0.15, 0.2) is 0 Å². The van der Waals surface area contributed by atoms with Gasteiger partial charge >= 0.3 is 0 Å². The molecular weight excluding hydrogens is 1070 g/mol. The van der Waals surface area contributed by atoms with Gasteiger partial charge in [-0.15, -0.1) is 0 Å². The zero-order valence-electron chi connectivity index (χ0n) is 51.8. The Morgan fingerprint density at radius 1 is 0.524 bits per heavy atom. The van der Waals surface area contributed by atoms with E-state index >= 15 is 0 Å². The molecule has 0 atom stereocenters. The van der Waals surface area contributed by atoms with Crippen molar-refractivity contribution in [2.45, 2.75) is 119 Å². The topological polar surface area (TPSA) is 116 Å². The van der Waals surface area contributed by atoms with Crippen molar-refractivity contribution in [1.29, 1.82) is 0 Å². The van der Waals surface area contributed by atoms with Crippen molar-refractivity contribution in [1.82, 2.24) is 64.5 Å². The molecule has 0 bridgehead atoms. The van der Waals surface area contributed by atoms with Crippen LogP contribution >= 0.6 is 0 Å². The first-order chi connectivity index (χ1) is 40.7. The van der Waals surface area contributed by atoms with Crippen molar-refractivity contribution in [2.75, 3.05) is 81.2 Å². The summed E-state index contributed by atoms with van der Waals surface area (Å²) in [5.41, 5.74) is 12.7. The molecule has 0 fully saturated rings. The molecule has 0 aliphatic rings. The minimum atomic E-state index is -0.226. The number of aromatic nitrogens is 8. The number of benzene rings is 4. The SMILES string of the molecule is CCCCN(C)Cc1cn(CC)nc1-c1ccc(F)cc1.CCCCN(C)Cc1cnn(CC)c1-c1ccc(F)cc1.CCCN(C)Cc1cnn(CCOC)c1-c1ccc(F)cc1.CCN(CCNC)Cc1cn[nH]c1-c1ccc(F)cc1. The highest BCUT2D eigenvalue weighted by atomic mass is 19.1. The molecule has 8 rings (SSSR count). The van der Waals surface area contributed by atoms with Crippen LogP contribution < -0.4 is 5.32 Å². The molecular formula is C66H93F4N13O. The van der Waals surface area contributed by atoms with Crippen molar-refractivity contribution in [3.05, 3.63) is 167 Å². The van der Waals surface area contributed by atoms with Crippen LogP contribution in [0.5, 0.6) is 0 Å². The van der Waals surface area contributed by atoms with Crippen molar-refractivity contribution in [3.8, 4) is 45.0 Å². The van der Waals surface area contributed by atoms with Gasteiger partial charge in [0.25, 0.3) is 0 Å². The second-order valence-corrected chi connectivity index (χ2v) is 21.1. The maximum atomic E-state index is 13.2. The summed E-state index contributed by atoms with van der Waals surface area (Å²) < 4.78 is 63.4. The first kappa shape index (κ1) is 68.0. The Balaban J connectivity index is 0.000000205. The van der Waals surface area contributed by atoms with Crippen LogP contribution in [0, 0.1) is 23.3 Å². The molecule has 456 valence electrons. The minimum Gasteiger partial charge on any atom is -0.383 e. The Morgan fingerprint density at radius 2 is 1.00 bits per heavy atom. The Labute approximate surface area is 497 Å². The van der Waals surface area contributed by atoms with Gasteiger partial charge in [-0.3, -0.25) is 24.0 Å². The molecule has 2 N–H and O–H groups in total. The predicted molar refractivity (Wildman–Crippen MR) is 334 cm³/mol. The molecule has 84 heavy (non-hydrogen) atoms. The van der Waals surface area contributed by atoms with Gasteiger partial charge in [0, 0.05) is 110 Å². The highest BCUT2D eigenvalue weighted by Gasteiger charge is 2.18. The molecule has 14 nitrogen and oxygen atoms in total. The molecule has 4 heterocycles. The Morgan fingerprint density at radius 3 is 1.46 bits per heavy atom. The van der Waals surface area contributed by atoms with E-state index in [0.29, 0.717) is 13.2 Å². The van der Waals surface area contributed by atoms with E-state index < -0.39 is 0 Å². The van der Waals surface area contributed by atoms with Gasteiger partial charge < -0.3 is 24.8 Å². The molecule has 4 aromatic heterocycles. The lowest BCUT2D eigenvalue weighted by molar-refractivity contribution is 0.184. The lowest BCUT2D eigenvalue weighted by Gasteiger charge is -2.20. The third-order valence-corrected chi connectivity index (χ3v) is 14.2. The molecule has 0 saturated carbocycles. The molecule has 0 spiro atoms. The largest absolute Gasteiger partial charge is 0.383 e. The summed E-state index contributed by atoms with van der Waals surface area (Å²) in [6.45, 7) is 25.3. The van der Waals surface area contributed by atoms with Crippen LogP contribution in [0.2, 0.25) is 0 Å². The average molecular weight is 1160 g/mol. The second kappa shape index (κ2) is 36.8. The van der Waals surface area contributed by atoms with Crippen LogP contribution in [-0.2, 0) is 50.6 Å². The number of rotatable bonds is 29. The number of ether oxygens (including phenoxy) is 1. The van der Waals surface area contributed by atoms with Crippen molar-refractivity contribution >= 4 is 0 Å². The highest BCUT2D eigenvalue weighted by Crippen LogP contribution is 2.28. The molecule has 0 aliphatic heterocycles. The first-order valence-corrected chi connectivity index (χ1v) is 29.8. The predicted octanol–water partition coefficient (Wildman–Crippen LogP) is 13.3. The van der Waals surface area contributed by atoms with Gasteiger partial charge in [0.2, 0.25) is 0 Å². The van der Waals surface area contributed by atoms with Crippen LogP contribution in [0.1, 0.15) is 95.9 Å². The first-order valence-electron chi connectivity index (χ1n) is 29.8. The lowest BCUT2D eigenvalue weighted by Crippen LogP contribution is -2.30. The number of halogens is 4. The van der Waals surface area contributed by atoms with Crippen molar-refractivity contribution in [2.24, 2.45) is 0 Å². The molecule has 8 aromatic rings. The molecule has 4 aromatic carbocycles. The Bertz CT molecular complexity index is 3030. The zero-order valence-corrected chi connectivity index (χ0v) is 51.8. The van der Waals surface area contributed by atoms with Crippen LogP contribution in [0.25, 0.3) is 45.0 Å². The van der Waals surface area contributed by atoms with Crippen LogP contribution in [-0.4, -0.2) is 140 Å². The molecule has 0 aliphatic carbocycles. The van der Waals surface area contributed by atoms with Crippen LogP contribution in [0.15, 0.2) is 122 Å². The average Bonchev–Trinajstić information content (AvgIpc) is 4.52. The summed E-state index contributed by atoms with van der Waals surface area (Å²) in [6, 6.07) is 26.3. The van der Waals surface area contributed by atoms with Gasteiger partial charge in [-0.05, 0) is 185 Å². The number of hydrogen-bond acceptors (Lipinski definition) is 10. The fraction of sp³-hybridized carbons (Fsp3) is 0.455. The van der Waals surface area contributed by atoms with E-state index in [9.17, 15) is 17.6 Å². The maximum Gasteiger partial charge on any atom is 0.123 e. The number of H-pyrrole nitrogens is 1. The summed E-state index contributed by atoms with van der Waals surface area (Å²) in [5.74, 6) is -0.867. The van der Waals surface area contributed by atoms with E-state index in [1.807, 2.05) is 51.8 Å². The van der Waals surface area contributed by atoms with E-state index in [1.165, 1.54) is 85.3 Å². The van der Waals surface area contributed by atoms with E-state index in [-0.39, 0.29) is 23.3 Å². The number of hydrogen-bond donors (Lipinski definition) is 2. The summed E-state index contributed by atoms with van der Waals surface area (Å²) in [6.07, 6.45) is 13.7. The highest BCUT2D eigenvalue weighted by molar-refractivity contribution is 5.65. The summed E-state index contributed by atoms with van der Waals surface area (Å²) in [5, 5.41) is 23.9. The quantitative estimate of drug-likeness (QED) is 0.0439. The molecule has 0 saturated heterocycles. The fourth-order valence-corrected chi connectivity index (χ4v) is 9.65. The van der Waals surface area contributed by atoms with Gasteiger partial charge in [-0.1, -0.05) is 40.5 Å². The zero-order chi connectivity index (χ0) is 60.8. The summed E-state index contributed by atoms with van der Waals surface area (Å²) >= 11 is 0. The van der Waals surface area contributed by atoms with Gasteiger partial charge in [-0.25, -0.2) is 17.6 Å². The third-order valence-electron chi connectivity index (χ3n) is 14.2. The van der Waals surface area contributed by atoms with E-state index in [2.05, 4.69) is 119 Å². The van der Waals surface area contributed by atoms with Gasteiger partial charge in [0.05, 0.1) is 54.5 Å². The smallest absolute Gasteiger partial charge is 0.123 e. The van der Waals surface area contributed by atoms with E-state index in [0.717, 1.165) is 141 Å². The van der Waals surface area contributed by atoms with Crippen molar-refractivity contribution < 1.29 is 22.3 Å². The van der Waals surface area contributed by atoms with Crippen molar-refractivity contribution in [3.63, 3.8) is 0 Å². The Hall–Kier alpha value is -6.80. The molecule has 18 heteroatoms. The molecule has 0 amide bonds. The van der Waals surface area contributed by atoms with Gasteiger partial charge in [-0.2, -0.15) is 20.4 Å². The number of nitrogens with zero attached hydrogens (tertiary/aromatic N) is 11. The second-order valence-electron chi connectivity index (χ2n) is 21.1. The number of aromatic amines is 1. The lowest BCUT2D eigenvalue weighted by atomic mass is 10.1. The fourth-order valence-electron chi connectivity index (χ4n) is 9.65. The van der Waals surface area contributed by atoms with E-state index in [4.69, 9.17) is 4.74 Å². The number of aryl methyl sites for hydroxylation is 2. The number of likely N-dealkylation sites (N-methyl/N-ethyl adjacent to an activating group) is 2. The number of methoxy groups -OCH3 is 1. The Kier molecular flexibility index (Phi) is 29.8. The van der Waals surface area contributed by atoms with E-state index in [1.54, 1.807) is 43.5 Å². The maximum absolute atomic E-state index is 13.2. The molecule has 0 unspecified atom stereocenters. The third kappa shape index (κ3) is 21.7. The number of nitrogens with one attached hydrogen (secondary N) is 2. The van der Waals surface area contributed by atoms with Gasteiger partial charge in [0.1, 0.15) is 23.3 Å². The standard InChI is InChI=1S/C17H24FN3O.2C17H24FN3.C15H21FN4/c1-4-9-20(2)13-15-12-19-21(10-11-22-3)17(15)14-5-7-16(18)8-6-14;1-4-6-11-20(3)12-15-13-21(5-2)19-17(15)14-7-9-16(18)10-8-14;1-4-6-11-20(3)13-15-12-19-21(5-2)17(15)14-7-9-16(18)10-8-14;1-3-20(9-8-17-2)11-13-10-18-19-15(13)12-4-6-14(16)7-5-12/h5-8,12H,4,9-11,13H2,1-3H3;7-10,13H,4-6,11-12H2,1-3H3;7-10,12H,4-6,11,13H2,1-3H3;4-7,10,17H,3,8-9,11H2,1-2H3,(H,18,19). The minimum absolute atomic E-state index is 0.206. The summed E-state index contributed by atoms with van der Waals surface area (Å²) in [4.78, 5) is 9.24. The normalized spacial score (nSPS) is 11.3. The van der Waals surface area contributed by atoms with Crippen LogP contribution in [0.3, 0.4) is 0 Å². The monoisotopic (exact) mass is 1160 g/mol. The van der Waals surface area contributed by atoms with Crippen LogP contribution in [0.4, 0.5) is 17.6 Å². The number of unbranched alkanes of at least 4 members (excludes halogenated alkanes) is 2. The molecule has 0 radical (unpaired) electrons. The summed E-state index contributed by atoms with van der Waals surface area (Å²) in [7, 11) is 10.00.